The number of nitrogens with zero attached hydrogens (tertiary/aromatic N) is 1. The first kappa shape index (κ1) is 13.7. The Morgan fingerprint density at radius 3 is 3.06 bits per heavy atom. The predicted octanol–water partition coefficient (Wildman–Crippen LogP) is 3.00. The molecular formula is C13H17BrN2OS. The van der Waals surface area contributed by atoms with Gasteiger partial charge in [0.15, 0.2) is 0 Å². The maximum Gasteiger partial charge on any atom is 0.253 e. The van der Waals surface area contributed by atoms with Gasteiger partial charge in [0.2, 0.25) is 0 Å². The Kier molecular flexibility index (Phi) is 4.56. The van der Waals surface area contributed by atoms with Crippen LogP contribution in [-0.2, 0) is 0 Å². The number of rotatable bonds is 2. The third-order valence-corrected chi connectivity index (χ3v) is 5.22. The van der Waals surface area contributed by atoms with E-state index >= 15 is 0 Å². The van der Waals surface area contributed by atoms with Crippen LogP contribution in [0.5, 0.6) is 0 Å². The predicted molar refractivity (Wildman–Crippen MR) is 81.0 cm³/mol. The van der Waals surface area contributed by atoms with E-state index in [2.05, 4.69) is 22.9 Å². The summed E-state index contributed by atoms with van der Waals surface area (Å²) < 4.78 is 0.833. The van der Waals surface area contributed by atoms with E-state index in [1.165, 1.54) is 0 Å². The molecule has 98 valence electrons. The second-order valence-electron chi connectivity index (χ2n) is 4.39. The molecule has 0 saturated carbocycles. The van der Waals surface area contributed by atoms with E-state index in [-0.39, 0.29) is 5.91 Å². The van der Waals surface area contributed by atoms with Crippen molar-refractivity contribution >= 4 is 39.3 Å². The van der Waals surface area contributed by atoms with Crippen LogP contribution in [0.4, 0.5) is 5.69 Å². The lowest BCUT2D eigenvalue weighted by atomic mass is 10.1. The SMILES string of the molecule is CCC1CN(C(=O)c2ccc(Br)c(N)c2)CCS1. The van der Waals surface area contributed by atoms with Gasteiger partial charge in [0.1, 0.15) is 0 Å². The van der Waals surface area contributed by atoms with Gasteiger partial charge in [0.05, 0.1) is 0 Å². The lowest BCUT2D eigenvalue weighted by molar-refractivity contribution is 0.0761. The summed E-state index contributed by atoms with van der Waals surface area (Å²) in [5, 5.41) is 0.565. The van der Waals surface area contributed by atoms with Crippen molar-refractivity contribution in [2.24, 2.45) is 0 Å². The third kappa shape index (κ3) is 3.01. The molecule has 1 atom stereocenters. The Morgan fingerprint density at radius 2 is 2.39 bits per heavy atom. The minimum atomic E-state index is 0.0907. The van der Waals surface area contributed by atoms with Crippen molar-refractivity contribution in [1.29, 1.82) is 0 Å². The van der Waals surface area contributed by atoms with Gasteiger partial charge in [-0.2, -0.15) is 11.8 Å². The van der Waals surface area contributed by atoms with E-state index in [1.54, 1.807) is 6.07 Å². The number of carbonyl (C=O) groups is 1. The molecule has 5 heteroatoms. The van der Waals surface area contributed by atoms with Crippen LogP contribution in [0.15, 0.2) is 22.7 Å². The first-order valence-electron chi connectivity index (χ1n) is 6.07. The highest BCUT2D eigenvalue weighted by atomic mass is 79.9. The Bertz CT molecular complexity index is 453. The van der Waals surface area contributed by atoms with Crippen molar-refractivity contribution in [3.05, 3.63) is 28.2 Å². The van der Waals surface area contributed by atoms with E-state index in [1.807, 2.05) is 28.8 Å². The normalized spacial score (nSPS) is 19.9. The quantitative estimate of drug-likeness (QED) is 0.849. The fourth-order valence-corrected chi connectivity index (χ4v) is 3.44. The number of amides is 1. The molecule has 1 aliphatic rings. The summed E-state index contributed by atoms with van der Waals surface area (Å²) in [7, 11) is 0. The summed E-state index contributed by atoms with van der Waals surface area (Å²) in [5.41, 5.74) is 7.11. The number of nitrogen functional groups attached to an aromatic ring is 1. The summed E-state index contributed by atoms with van der Waals surface area (Å²) in [4.78, 5) is 14.3. The number of nitrogens with two attached hydrogens (primary N) is 1. The molecule has 0 aliphatic carbocycles. The van der Waals surface area contributed by atoms with Crippen LogP contribution in [0.25, 0.3) is 0 Å². The van der Waals surface area contributed by atoms with Crippen LogP contribution >= 0.6 is 27.7 Å². The van der Waals surface area contributed by atoms with Crippen molar-refractivity contribution in [2.75, 3.05) is 24.6 Å². The molecule has 1 saturated heterocycles. The number of benzene rings is 1. The second-order valence-corrected chi connectivity index (χ2v) is 6.65. The van der Waals surface area contributed by atoms with E-state index in [0.717, 1.165) is 29.7 Å². The van der Waals surface area contributed by atoms with Gasteiger partial charge in [-0.1, -0.05) is 6.92 Å². The Hall–Kier alpha value is -0.680. The van der Waals surface area contributed by atoms with Crippen molar-refractivity contribution in [1.82, 2.24) is 4.90 Å². The van der Waals surface area contributed by atoms with Crippen LogP contribution in [0.3, 0.4) is 0 Å². The van der Waals surface area contributed by atoms with Gasteiger partial charge >= 0.3 is 0 Å². The second kappa shape index (κ2) is 5.97. The van der Waals surface area contributed by atoms with Crippen LogP contribution < -0.4 is 5.73 Å². The molecule has 1 aromatic carbocycles. The lowest BCUT2D eigenvalue weighted by Gasteiger charge is -2.32. The summed E-state index contributed by atoms with van der Waals surface area (Å²) in [6, 6.07) is 5.40. The summed E-state index contributed by atoms with van der Waals surface area (Å²) >= 11 is 5.30. The van der Waals surface area contributed by atoms with Crippen molar-refractivity contribution in [3.63, 3.8) is 0 Å². The molecule has 3 nitrogen and oxygen atoms in total. The smallest absolute Gasteiger partial charge is 0.253 e. The number of carbonyl (C=O) groups excluding carboxylic acids is 1. The fraction of sp³-hybridized carbons (Fsp3) is 0.462. The van der Waals surface area contributed by atoms with Crippen molar-refractivity contribution in [2.45, 2.75) is 18.6 Å². The van der Waals surface area contributed by atoms with Gasteiger partial charge in [0.25, 0.3) is 5.91 Å². The van der Waals surface area contributed by atoms with E-state index in [0.29, 0.717) is 16.5 Å². The molecule has 1 aromatic rings. The molecule has 0 radical (unpaired) electrons. The molecule has 1 aliphatic heterocycles. The Balaban J connectivity index is 2.12. The summed E-state index contributed by atoms with van der Waals surface area (Å²) in [6.45, 7) is 3.84. The first-order valence-corrected chi connectivity index (χ1v) is 7.92. The number of hydrogen-bond donors (Lipinski definition) is 1. The zero-order valence-electron chi connectivity index (χ0n) is 10.4. The molecule has 1 amide bonds. The van der Waals surface area contributed by atoms with Gasteiger partial charge in [-0.05, 0) is 40.5 Å². The maximum absolute atomic E-state index is 12.4. The zero-order chi connectivity index (χ0) is 13.1. The average Bonchev–Trinajstić information content (AvgIpc) is 2.41. The van der Waals surface area contributed by atoms with Gasteiger partial charge in [-0.25, -0.2) is 0 Å². The lowest BCUT2D eigenvalue weighted by Crippen LogP contribution is -2.41. The highest BCUT2D eigenvalue weighted by Gasteiger charge is 2.23. The fourth-order valence-electron chi connectivity index (χ4n) is 2.01. The molecule has 2 N–H and O–H groups in total. The first-order chi connectivity index (χ1) is 8.61. The molecule has 1 unspecified atom stereocenters. The third-order valence-electron chi connectivity index (χ3n) is 3.12. The molecule has 0 spiro atoms. The van der Waals surface area contributed by atoms with Crippen LogP contribution in [0.2, 0.25) is 0 Å². The molecular weight excluding hydrogens is 312 g/mol. The minimum Gasteiger partial charge on any atom is -0.398 e. The summed E-state index contributed by atoms with van der Waals surface area (Å²) in [5.74, 6) is 1.11. The molecule has 18 heavy (non-hydrogen) atoms. The van der Waals surface area contributed by atoms with Gasteiger partial charge in [-0.15, -0.1) is 0 Å². The molecule has 1 fully saturated rings. The van der Waals surface area contributed by atoms with E-state index < -0.39 is 0 Å². The van der Waals surface area contributed by atoms with Crippen molar-refractivity contribution < 1.29 is 4.79 Å². The van der Waals surface area contributed by atoms with E-state index in [4.69, 9.17) is 5.73 Å². The molecule has 2 rings (SSSR count). The molecule has 1 heterocycles. The number of hydrogen-bond acceptors (Lipinski definition) is 3. The Labute approximate surface area is 120 Å². The Morgan fingerprint density at radius 1 is 1.61 bits per heavy atom. The number of anilines is 1. The topological polar surface area (TPSA) is 46.3 Å². The number of thioether (sulfide) groups is 1. The highest BCUT2D eigenvalue weighted by molar-refractivity contribution is 9.10. The van der Waals surface area contributed by atoms with Crippen LogP contribution in [-0.4, -0.2) is 34.9 Å². The monoisotopic (exact) mass is 328 g/mol. The molecule has 0 aromatic heterocycles. The molecule has 0 bridgehead atoms. The van der Waals surface area contributed by atoms with Crippen molar-refractivity contribution in [3.8, 4) is 0 Å². The zero-order valence-corrected chi connectivity index (χ0v) is 12.8. The largest absolute Gasteiger partial charge is 0.398 e. The maximum atomic E-state index is 12.4. The average molecular weight is 329 g/mol. The van der Waals surface area contributed by atoms with Gasteiger partial charge < -0.3 is 10.6 Å². The minimum absolute atomic E-state index is 0.0907. The van der Waals surface area contributed by atoms with Gasteiger partial charge in [0, 0.05) is 39.8 Å². The highest BCUT2D eigenvalue weighted by Crippen LogP contribution is 2.24. The van der Waals surface area contributed by atoms with E-state index in [9.17, 15) is 4.79 Å². The van der Waals surface area contributed by atoms with Crippen LogP contribution in [0.1, 0.15) is 23.7 Å². The summed E-state index contributed by atoms with van der Waals surface area (Å²) in [6.07, 6.45) is 1.11. The van der Waals surface area contributed by atoms with Gasteiger partial charge in [-0.3, -0.25) is 4.79 Å². The number of halogens is 1. The van der Waals surface area contributed by atoms with Crippen LogP contribution in [0, 0.1) is 0 Å². The standard InChI is InChI=1S/C13H17BrN2OS/c1-2-10-8-16(5-6-18-10)13(17)9-3-4-11(14)12(15)7-9/h3-4,7,10H,2,5-6,8,15H2,1H3.